The fourth-order valence-corrected chi connectivity index (χ4v) is 3.63. The van der Waals surface area contributed by atoms with Crippen molar-refractivity contribution in [3.05, 3.63) is 29.6 Å². The van der Waals surface area contributed by atoms with Crippen LogP contribution in [0.1, 0.15) is 113 Å². The fraction of sp³-hybridized carbons (Fsp3) is 0.739. The Morgan fingerprint density at radius 2 is 1.31 bits per heavy atom. The zero-order chi connectivity index (χ0) is 19.0. The summed E-state index contributed by atoms with van der Waals surface area (Å²) >= 11 is 0. The lowest BCUT2D eigenvalue weighted by molar-refractivity contribution is -0.679. The zero-order valence-corrected chi connectivity index (χ0v) is 17.1. The molecule has 3 nitrogen and oxygen atoms in total. The molecule has 1 rings (SSSR count). The van der Waals surface area contributed by atoms with E-state index in [0.717, 1.165) is 18.5 Å². The van der Waals surface area contributed by atoms with Gasteiger partial charge in [0.1, 0.15) is 7.05 Å². The average Bonchev–Trinajstić information content (AvgIpc) is 2.62. The Balaban J connectivity index is 1.98. The molecule has 0 aromatic carbocycles. The van der Waals surface area contributed by atoms with Gasteiger partial charge in [-0.05, 0) is 12.5 Å². The van der Waals surface area contributed by atoms with E-state index in [4.69, 9.17) is 0 Å². The van der Waals surface area contributed by atoms with Crippen molar-refractivity contribution in [3.63, 3.8) is 0 Å². The number of rotatable bonds is 16. The Bertz CT molecular complexity index is 499. The van der Waals surface area contributed by atoms with E-state index in [-0.39, 0.29) is 0 Å². The lowest BCUT2D eigenvalue weighted by Crippen LogP contribution is -2.37. The molecule has 0 spiro atoms. The number of carbonyl (C=O) groups excluding carboxylic acids is 1. The number of carboxylic acid groups (broad SMARTS) is 1. The molecule has 0 atom stereocenters. The summed E-state index contributed by atoms with van der Waals surface area (Å²) in [5.74, 6) is -1.07. The molecule has 0 unspecified atom stereocenters. The van der Waals surface area contributed by atoms with Crippen LogP contribution in [0.25, 0.3) is 0 Å². The highest BCUT2D eigenvalue weighted by Crippen LogP contribution is 2.14. The second-order valence-corrected chi connectivity index (χ2v) is 7.61. The molecule has 3 heteroatoms. The summed E-state index contributed by atoms with van der Waals surface area (Å²) in [6.45, 7) is 2.27. The fourth-order valence-electron chi connectivity index (χ4n) is 3.63. The number of nitrogens with zero attached hydrogens (tertiary/aromatic N) is 1. The van der Waals surface area contributed by atoms with E-state index in [0.29, 0.717) is 5.56 Å². The van der Waals surface area contributed by atoms with Crippen LogP contribution in [0.2, 0.25) is 0 Å². The first kappa shape index (κ1) is 22.7. The molecular weight excluding hydrogens is 322 g/mol. The molecule has 0 radical (unpaired) electrons. The number of carbonyl (C=O) groups is 1. The summed E-state index contributed by atoms with van der Waals surface area (Å²) in [6.07, 6.45) is 21.5. The van der Waals surface area contributed by atoms with Crippen LogP contribution in [0.5, 0.6) is 0 Å². The number of hydrogen-bond donors (Lipinski definition) is 0. The summed E-state index contributed by atoms with van der Waals surface area (Å²) in [7, 11) is 1.91. The quantitative estimate of drug-likeness (QED) is 0.310. The van der Waals surface area contributed by atoms with Gasteiger partial charge in [-0.15, -0.1) is 0 Å². The monoisotopic (exact) mass is 361 g/mol. The maximum atomic E-state index is 11.2. The first-order valence-corrected chi connectivity index (χ1v) is 10.9. The third kappa shape index (κ3) is 9.94. The zero-order valence-electron chi connectivity index (χ0n) is 17.1. The molecule has 0 aliphatic rings. The number of aryl methyl sites for hydroxylation is 1. The summed E-state index contributed by atoms with van der Waals surface area (Å²) in [5, 5.41) is 11.2. The van der Waals surface area contributed by atoms with E-state index in [9.17, 15) is 9.90 Å². The molecule has 0 aliphatic carbocycles. The Hall–Kier alpha value is -1.38. The summed E-state index contributed by atoms with van der Waals surface area (Å²) in [5.41, 5.74) is 1.22. The molecule has 0 amide bonds. The second-order valence-electron chi connectivity index (χ2n) is 7.61. The largest absolute Gasteiger partial charge is 0.545 e. The molecule has 0 aliphatic heterocycles. The van der Waals surface area contributed by atoms with E-state index < -0.39 is 5.97 Å². The van der Waals surface area contributed by atoms with E-state index >= 15 is 0 Å². The molecule has 0 saturated heterocycles. The minimum atomic E-state index is -1.07. The highest BCUT2D eigenvalue weighted by atomic mass is 16.4. The lowest BCUT2D eigenvalue weighted by Gasteiger charge is -2.08. The summed E-state index contributed by atoms with van der Waals surface area (Å²) in [6, 6.07) is 3.41. The highest BCUT2D eigenvalue weighted by molar-refractivity contribution is 5.86. The smallest absolute Gasteiger partial charge is 0.190 e. The van der Waals surface area contributed by atoms with Crippen LogP contribution >= 0.6 is 0 Å². The first-order chi connectivity index (χ1) is 12.7. The van der Waals surface area contributed by atoms with Gasteiger partial charge in [-0.1, -0.05) is 90.4 Å². The van der Waals surface area contributed by atoms with Crippen LogP contribution in [0.4, 0.5) is 0 Å². The van der Waals surface area contributed by atoms with Crippen LogP contribution in [0.15, 0.2) is 18.3 Å². The van der Waals surface area contributed by atoms with Crippen molar-refractivity contribution in [2.45, 2.75) is 103 Å². The predicted molar refractivity (Wildman–Crippen MR) is 106 cm³/mol. The molecule has 0 fully saturated rings. The first-order valence-electron chi connectivity index (χ1n) is 10.9. The van der Waals surface area contributed by atoms with Crippen molar-refractivity contribution in [1.29, 1.82) is 0 Å². The van der Waals surface area contributed by atoms with Crippen LogP contribution in [-0.4, -0.2) is 5.97 Å². The minimum Gasteiger partial charge on any atom is -0.545 e. The van der Waals surface area contributed by atoms with Gasteiger partial charge in [0.05, 0.1) is 11.5 Å². The average molecular weight is 362 g/mol. The van der Waals surface area contributed by atoms with Gasteiger partial charge < -0.3 is 9.90 Å². The Kier molecular flexibility index (Phi) is 12.9. The van der Waals surface area contributed by atoms with Crippen molar-refractivity contribution in [2.24, 2.45) is 7.05 Å². The Labute approximate surface area is 160 Å². The lowest BCUT2D eigenvalue weighted by atomic mass is 10.0. The maximum Gasteiger partial charge on any atom is 0.190 e. The number of aromatic carboxylic acids is 1. The minimum absolute atomic E-state index is 0.338. The van der Waals surface area contributed by atoms with Crippen molar-refractivity contribution in [3.8, 4) is 0 Å². The summed E-state index contributed by atoms with van der Waals surface area (Å²) in [4.78, 5) is 11.2. The molecule has 1 aromatic heterocycles. The number of hydrogen-bond acceptors (Lipinski definition) is 2. The van der Waals surface area contributed by atoms with E-state index in [1.165, 1.54) is 83.5 Å². The number of pyridine rings is 1. The molecule has 0 saturated carbocycles. The van der Waals surface area contributed by atoms with Gasteiger partial charge in [0.25, 0.3) is 0 Å². The number of unbranched alkanes of at least 4 members (excludes halogenated alkanes) is 13. The predicted octanol–water partition coefficient (Wildman–Crippen LogP) is 4.90. The SMILES string of the molecule is CCCCCCCCCCCCCCCCc1c(C(=O)[O-])ccc[n+]1C. The molecular formula is C23H39NO2. The second kappa shape index (κ2) is 14.8. The van der Waals surface area contributed by atoms with Gasteiger partial charge in [0.2, 0.25) is 0 Å². The van der Waals surface area contributed by atoms with Crippen molar-refractivity contribution in [1.82, 2.24) is 0 Å². The van der Waals surface area contributed by atoms with Gasteiger partial charge in [0, 0.05) is 12.5 Å². The maximum absolute atomic E-state index is 11.2. The van der Waals surface area contributed by atoms with Gasteiger partial charge in [-0.25, -0.2) is 4.57 Å². The van der Waals surface area contributed by atoms with Crippen molar-refractivity contribution in [2.75, 3.05) is 0 Å². The van der Waals surface area contributed by atoms with Crippen LogP contribution in [0.3, 0.4) is 0 Å². The Morgan fingerprint density at radius 3 is 1.77 bits per heavy atom. The van der Waals surface area contributed by atoms with Gasteiger partial charge in [0.15, 0.2) is 11.9 Å². The molecule has 1 heterocycles. The Morgan fingerprint density at radius 1 is 0.846 bits per heavy atom. The highest BCUT2D eigenvalue weighted by Gasteiger charge is 2.13. The van der Waals surface area contributed by atoms with Crippen LogP contribution < -0.4 is 9.67 Å². The topological polar surface area (TPSA) is 44.0 Å². The summed E-state index contributed by atoms with van der Waals surface area (Å²) < 4.78 is 1.91. The molecule has 0 N–H and O–H groups in total. The number of carboxylic acids is 1. The van der Waals surface area contributed by atoms with Crippen molar-refractivity contribution >= 4 is 5.97 Å². The third-order valence-corrected chi connectivity index (χ3v) is 5.30. The van der Waals surface area contributed by atoms with Gasteiger partial charge in [-0.2, -0.15) is 0 Å². The van der Waals surface area contributed by atoms with Crippen LogP contribution in [-0.2, 0) is 13.5 Å². The number of aromatic nitrogens is 1. The van der Waals surface area contributed by atoms with Crippen molar-refractivity contribution < 1.29 is 14.5 Å². The van der Waals surface area contributed by atoms with Crippen LogP contribution in [0, 0.1) is 0 Å². The standard InChI is InChI=1S/C23H39NO2/c1-3-4-5-6-7-8-9-10-11-12-13-14-15-16-19-22-21(23(25)26)18-17-20-24(22)2/h17-18,20H,3-16,19H2,1-2H3. The molecule has 148 valence electrons. The van der Waals surface area contributed by atoms with E-state index in [1.54, 1.807) is 12.1 Å². The molecule has 1 aromatic rings. The van der Waals surface area contributed by atoms with E-state index in [2.05, 4.69) is 6.92 Å². The third-order valence-electron chi connectivity index (χ3n) is 5.30. The molecule has 26 heavy (non-hydrogen) atoms. The normalized spacial score (nSPS) is 11.0. The van der Waals surface area contributed by atoms with Gasteiger partial charge >= 0.3 is 0 Å². The van der Waals surface area contributed by atoms with Gasteiger partial charge in [-0.3, -0.25) is 0 Å². The van der Waals surface area contributed by atoms with E-state index in [1.807, 2.05) is 17.8 Å². The molecule has 0 bridgehead atoms.